The lowest BCUT2D eigenvalue weighted by molar-refractivity contribution is 0.590. The van der Waals surface area contributed by atoms with Crippen LogP contribution in [0.4, 0.5) is 5.69 Å². The maximum absolute atomic E-state index is 13.5. The van der Waals surface area contributed by atoms with Gasteiger partial charge >= 0.3 is 0 Å². The predicted molar refractivity (Wildman–Crippen MR) is 114 cm³/mol. The van der Waals surface area contributed by atoms with E-state index in [-0.39, 0.29) is 21.4 Å². The highest BCUT2D eigenvalue weighted by molar-refractivity contribution is 7.93. The van der Waals surface area contributed by atoms with E-state index in [4.69, 9.17) is 23.2 Å². The zero-order valence-corrected chi connectivity index (χ0v) is 18.3. The Morgan fingerprint density at radius 2 is 1.66 bits per heavy atom. The Morgan fingerprint density at radius 1 is 0.966 bits per heavy atom. The van der Waals surface area contributed by atoms with Gasteiger partial charge in [-0.05, 0) is 54.1 Å². The molecule has 0 aliphatic heterocycles. The molecule has 10 heteroatoms. The molecule has 0 radical (unpaired) electrons. The first-order chi connectivity index (χ1) is 13.6. The van der Waals surface area contributed by atoms with Crippen molar-refractivity contribution in [1.82, 2.24) is 4.98 Å². The normalized spacial score (nSPS) is 12.0. The summed E-state index contributed by atoms with van der Waals surface area (Å²) in [5.41, 5.74) is 0.987. The molecule has 3 aromatic rings. The molecule has 29 heavy (non-hydrogen) atoms. The average molecular weight is 471 g/mol. The van der Waals surface area contributed by atoms with E-state index in [1.807, 2.05) is 0 Å². The maximum atomic E-state index is 13.5. The van der Waals surface area contributed by atoms with Gasteiger partial charge in [-0.3, -0.25) is 9.29 Å². The van der Waals surface area contributed by atoms with Crippen molar-refractivity contribution < 1.29 is 16.8 Å². The highest BCUT2D eigenvalue weighted by Crippen LogP contribution is 2.32. The number of sulfone groups is 1. The molecule has 1 aromatic heterocycles. The molecule has 0 spiro atoms. The van der Waals surface area contributed by atoms with E-state index >= 15 is 0 Å². The van der Waals surface area contributed by atoms with Crippen LogP contribution >= 0.6 is 23.2 Å². The Hall–Kier alpha value is -2.13. The summed E-state index contributed by atoms with van der Waals surface area (Å²) in [6.07, 6.45) is 4.13. The second-order valence-electron chi connectivity index (χ2n) is 6.21. The van der Waals surface area contributed by atoms with Crippen LogP contribution < -0.4 is 4.31 Å². The van der Waals surface area contributed by atoms with Crippen molar-refractivity contribution in [2.45, 2.75) is 16.3 Å². The first-order valence-corrected chi connectivity index (χ1v) is 12.3. The lowest BCUT2D eigenvalue weighted by atomic mass is 10.2. The van der Waals surface area contributed by atoms with Crippen LogP contribution in [0.1, 0.15) is 5.56 Å². The van der Waals surface area contributed by atoms with Gasteiger partial charge in [0.15, 0.2) is 9.84 Å². The van der Waals surface area contributed by atoms with Gasteiger partial charge in [-0.25, -0.2) is 16.8 Å². The largest absolute Gasteiger partial charge is 0.266 e. The zero-order chi connectivity index (χ0) is 21.2. The Morgan fingerprint density at radius 3 is 2.24 bits per heavy atom. The quantitative estimate of drug-likeness (QED) is 0.539. The van der Waals surface area contributed by atoms with Gasteiger partial charge < -0.3 is 0 Å². The van der Waals surface area contributed by atoms with Crippen LogP contribution in [0, 0.1) is 0 Å². The van der Waals surface area contributed by atoms with Crippen molar-refractivity contribution in [1.29, 1.82) is 0 Å². The molecule has 0 atom stereocenters. The van der Waals surface area contributed by atoms with Gasteiger partial charge in [-0.15, -0.1) is 0 Å². The monoisotopic (exact) mass is 470 g/mol. The molecule has 0 saturated carbocycles. The molecular weight excluding hydrogens is 455 g/mol. The molecule has 2 aromatic carbocycles. The van der Waals surface area contributed by atoms with E-state index in [0.29, 0.717) is 16.3 Å². The van der Waals surface area contributed by atoms with E-state index in [9.17, 15) is 16.8 Å². The Bertz CT molecular complexity index is 1230. The minimum atomic E-state index is -4.21. The SMILES string of the molecule is CS(=O)(=O)c1ccc(Cl)c(S(=O)(=O)N(Cc2cccnc2)c2ccc(Cl)cc2)c1. The Labute approximate surface area is 179 Å². The second-order valence-corrected chi connectivity index (χ2v) is 10.9. The number of aromatic nitrogens is 1. The minimum Gasteiger partial charge on any atom is -0.264 e. The van der Waals surface area contributed by atoms with Gasteiger partial charge in [-0.2, -0.15) is 0 Å². The first kappa shape index (κ1) is 21.6. The molecule has 6 nitrogen and oxygen atoms in total. The number of benzene rings is 2. The lowest BCUT2D eigenvalue weighted by Crippen LogP contribution is -2.31. The number of halogens is 2. The highest BCUT2D eigenvalue weighted by Gasteiger charge is 2.29. The maximum Gasteiger partial charge on any atom is 0.266 e. The van der Waals surface area contributed by atoms with E-state index in [2.05, 4.69) is 4.98 Å². The van der Waals surface area contributed by atoms with Gasteiger partial charge in [0.25, 0.3) is 10.0 Å². The molecule has 0 aliphatic carbocycles. The van der Waals surface area contributed by atoms with E-state index in [1.165, 1.54) is 12.1 Å². The number of nitrogens with zero attached hydrogens (tertiary/aromatic N) is 2. The number of sulfonamides is 1. The van der Waals surface area contributed by atoms with Crippen molar-refractivity contribution in [2.24, 2.45) is 0 Å². The van der Waals surface area contributed by atoms with Gasteiger partial charge in [0.2, 0.25) is 0 Å². The van der Waals surface area contributed by atoms with Crippen molar-refractivity contribution in [3.05, 3.63) is 82.6 Å². The molecule has 3 rings (SSSR count). The van der Waals surface area contributed by atoms with E-state index < -0.39 is 19.9 Å². The summed E-state index contributed by atoms with van der Waals surface area (Å²) in [6.45, 7) is -0.0305. The number of rotatable bonds is 6. The first-order valence-electron chi connectivity index (χ1n) is 8.26. The summed E-state index contributed by atoms with van der Waals surface area (Å²) in [5, 5.41) is 0.368. The van der Waals surface area contributed by atoms with Crippen LogP contribution in [-0.4, -0.2) is 28.1 Å². The van der Waals surface area contributed by atoms with E-state index in [0.717, 1.165) is 16.6 Å². The van der Waals surface area contributed by atoms with E-state index in [1.54, 1.807) is 48.8 Å². The van der Waals surface area contributed by atoms with Crippen LogP contribution in [0.3, 0.4) is 0 Å². The number of hydrogen-bond donors (Lipinski definition) is 0. The zero-order valence-electron chi connectivity index (χ0n) is 15.2. The smallest absolute Gasteiger partial charge is 0.264 e. The predicted octanol–water partition coefficient (Wildman–Crippen LogP) is 4.19. The molecular formula is C19H16Cl2N2O4S2. The third-order valence-electron chi connectivity index (χ3n) is 4.06. The molecule has 0 unspecified atom stereocenters. The molecule has 0 fully saturated rings. The van der Waals surface area contributed by atoms with Crippen LogP contribution in [0.5, 0.6) is 0 Å². The summed E-state index contributed by atoms with van der Waals surface area (Å²) >= 11 is 12.1. The van der Waals surface area contributed by atoms with Gasteiger partial charge in [0.05, 0.1) is 22.2 Å². The second kappa shape index (κ2) is 8.31. The Kier molecular flexibility index (Phi) is 6.19. The number of hydrogen-bond acceptors (Lipinski definition) is 5. The van der Waals surface area contributed by atoms with Gasteiger partial charge in [0, 0.05) is 23.7 Å². The average Bonchev–Trinajstić information content (AvgIpc) is 2.67. The molecule has 0 aliphatic rings. The summed E-state index contributed by atoms with van der Waals surface area (Å²) in [6, 6.07) is 13.3. The van der Waals surface area contributed by atoms with Crippen molar-refractivity contribution in [3.8, 4) is 0 Å². The summed E-state index contributed by atoms with van der Waals surface area (Å²) in [5.74, 6) is 0. The lowest BCUT2D eigenvalue weighted by Gasteiger charge is -2.25. The number of anilines is 1. The fourth-order valence-corrected chi connectivity index (χ4v) is 5.41. The standard InChI is InChI=1S/C19H16Cl2N2O4S2/c1-28(24,25)17-8-9-18(21)19(11-17)29(26,27)23(13-14-3-2-10-22-12-14)16-6-4-15(20)5-7-16/h2-12H,13H2,1H3. The third-order valence-corrected chi connectivity index (χ3v) is 7.68. The summed E-state index contributed by atoms with van der Waals surface area (Å²) in [7, 11) is -7.84. The van der Waals surface area contributed by atoms with Crippen LogP contribution in [-0.2, 0) is 26.4 Å². The molecule has 0 amide bonds. The van der Waals surface area contributed by atoms with Crippen LogP contribution in [0.2, 0.25) is 10.0 Å². The van der Waals surface area contributed by atoms with Gasteiger partial charge in [-0.1, -0.05) is 29.3 Å². The minimum absolute atomic E-state index is 0.0305. The fourth-order valence-electron chi connectivity index (χ4n) is 2.61. The topological polar surface area (TPSA) is 84.4 Å². The fraction of sp³-hybridized carbons (Fsp3) is 0.105. The van der Waals surface area contributed by atoms with Crippen molar-refractivity contribution >= 4 is 48.7 Å². The van der Waals surface area contributed by atoms with Crippen molar-refractivity contribution in [2.75, 3.05) is 10.6 Å². The van der Waals surface area contributed by atoms with Crippen LogP contribution in [0.25, 0.3) is 0 Å². The third kappa shape index (κ3) is 4.90. The Balaban J connectivity index is 2.17. The molecule has 1 heterocycles. The highest BCUT2D eigenvalue weighted by atomic mass is 35.5. The molecule has 152 valence electrons. The number of pyridine rings is 1. The van der Waals surface area contributed by atoms with Crippen molar-refractivity contribution in [3.63, 3.8) is 0 Å². The molecule has 0 N–H and O–H groups in total. The molecule has 0 bridgehead atoms. The van der Waals surface area contributed by atoms with Gasteiger partial charge in [0.1, 0.15) is 4.90 Å². The summed E-state index contributed by atoms with van der Waals surface area (Å²) < 4.78 is 52.0. The molecule has 0 saturated heterocycles. The van der Waals surface area contributed by atoms with Crippen LogP contribution in [0.15, 0.2) is 76.8 Å². The summed E-state index contributed by atoms with van der Waals surface area (Å²) in [4.78, 5) is 3.57.